The Morgan fingerprint density at radius 1 is 1.35 bits per heavy atom. The van der Waals surface area contributed by atoms with Crippen LogP contribution in [0.3, 0.4) is 0 Å². The highest BCUT2D eigenvalue weighted by atomic mass is 19.2. The summed E-state index contributed by atoms with van der Waals surface area (Å²) in [4.78, 5) is 3.78. The molecule has 9 heteroatoms. The summed E-state index contributed by atoms with van der Waals surface area (Å²) < 4.78 is 51.9. The number of halogens is 3. The lowest BCUT2D eigenvalue weighted by atomic mass is 10.1. The summed E-state index contributed by atoms with van der Waals surface area (Å²) in [5.74, 6) is -5.25. The first kappa shape index (κ1) is 17.4. The van der Waals surface area contributed by atoms with E-state index in [2.05, 4.69) is 11.6 Å². The lowest BCUT2D eigenvalue weighted by Crippen LogP contribution is -2.26. The third-order valence-corrected chi connectivity index (χ3v) is 3.17. The Kier molecular flexibility index (Phi) is 5.72. The molecular weight excluding hydrogens is 317 g/mol. The first-order valence-corrected chi connectivity index (χ1v) is 6.65. The summed E-state index contributed by atoms with van der Waals surface area (Å²) in [5, 5.41) is 18.2. The first-order chi connectivity index (χ1) is 11.0. The summed E-state index contributed by atoms with van der Waals surface area (Å²) in [7, 11) is 0. The average Bonchev–Trinajstić information content (AvgIpc) is 3.09. The summed E-state index contributed by atoms with van der Waals surface area (Å²) in [6, 6.07) is 0.0446. The molecular formula is C14H15F3N2O4. The minimum Gasteiger partial charge on any atom is -0.394 e. The topological polar surface area (TPSA) is 83.3 Å². The van der Waals surface area contributed by atoms with Gasteiger partial charge in [0.2, 0.25) is 0 Å². The fourth-order valence-electron chi connectivity index (χ4n) is 2.00. The normalized spacial score (nSPS) is 17.3. The fourth-order valence-corrected chi connectivity index (χ4v) is 2.00. The zero-order chi connectivity index (χ0) is 17.0. The van der Waals surface area contributed by atoms with Crippen molar-refractivity contribution in [2.45, 2.75) is 12.3 Å². The van der Waals surface area contributed by atoms with Crippen LogP contribution >= 0.6 is 0 Å². The van der Waals surface area contributed by atoms with Crippen LogP contribution in [0.1, 0.15) is 17.4 Å². The molecule has 6 nitrogen and oxygen atoms in total. The van der Waals surface area contributed by atoms with Gasteiger partial charge in [0.05, 0.1) is 31.4 Å². The number of hydrogen-bond acceptors (Lipinski definition) is 5. The lowest BCUT2D eigenvalue weighted by molar-refractivity contribution is -0.0469. The van der Waals surface area contributed by atoms with Gasteiger partial charge in [0.25, 0.3) is 0 Å². The number of aliphatic hydroxyl groups is 1. The number of aliphatic hydroxyl groups excluding tert-OH is 1. The minimum atomic E-state index is -1.75. The second-order valence-corrected chi connectivity index (χ2v) is 4.60. The summed E-state index contributed by atoms with van der Waals surface area (Å²) in [5.41, 5.74) is 0.700. The highest BCUT2D eigenvalue weighted by Gasteiger charge is 2.29. The Balaban J connectivity index is 2.54. The molecule has 126 valence electrons. The van der Waals surface area contributed by atoms with Crippen LogP contribution in [-0.2, 0) is 9.47 Å². The van der Waals surface area contributed by atoms with Gasteiger partial charge in [-0.15, -0.1) is 6.58 Å². The van der Waals surface area contributed by atoms with Gasteiger partial charge in [-0.25, -0.2) is 13.2 Å². The van der Waals surface area contributed by atoms with Gasteiger partial charge < -0.3 is 14.6 Å². The smallest absolute Gasteiger partial charge is 0.195 e. The Bertz CT molecular complexity index is 619. The zero-order valence-corrected chi connectivity index (χ0v) is 11.9. The Labute approximate surface area is 129 Å². The maximum Gasteiger partial charge on any atom is 0.195 e. The molecule has 2 rings (SSSR count). The van der Waals surface area contributed by atoms with Crippen LogP contribution in [0.4, 0.5) is 13.2 Å². The van der Waals surface area contributed by atoms with Crippen LogP contribution in [0.15, 0.2) is 23.7 Å². The Morgan fingerprint density at radius 3 is 2.52 bits per heavy atom. The van der Waals surface area contributed by atoms with Crippen LogP contribution in [0, 0.1) is 17.5 Å². The van der Waals surface area contributed by atoms with Crippen molar-refractivity contribution < 1.29 is 33.0 Å². The molecule has 0 spiro atoms. The number of hydroxylamine groups is 1. The van der Waals surface area contributed by atoms with E-state index in [-0.39, 0.29) is 18.8 Å². The number of benzene rings is 1. The van der Waals surface area contributed by atoms with Crippen molar-refractivity contribution in [3.63, 3.8) is 0 Å². The third kappa shape index (κ3) is 3.53. The maximum atomic E-state index is 14.0. The minimum absolute atomic E-state index is 0.181. The molecule has 1 aromatic carbocycles. The maximum absolute atomic E-state index is 14.0. The van der Waals surface area contributed by atoms with Crippen LogP contribution in [0.25, 0.3) is 0 Å². The number of nitrogens with zero attached hydrogens (tertiary/aromatic N) is 1. The molecule has 23 heavy (non-hydrogen) atoms. The van der Waals surface area contributed by atoms with E-state index in [1.54, 1.807) is 5.48 Å². The van der Waals surface area contributed by atoms with E-state index in [1.807, 2.05) is 0 Å². The summed E-state index contributed by atoms with van der Waals surface area (Å²) in [6.07, 6.45) is 0.0519. The van der Waals surface area contributed by atoms with Gasteiger partial charge in [-0.1, -0.05) is 6.08 Å². The number of rotatable bonds is 5. The van der Waals surface area contributed by atoms with Gasteiger partial charge in [0.1, 0.15) is 0 Å². The van der Waals surface area contributed by atoms with Crippen molar-refractivity contribution in [1.82, 2.24) is 5.48 Å². The average molecular weight is 332 g/mol. The number of hydrogen-bond donors (Lipinski definition) is 3. The fraction of sp³-hybridized carbons (Fsp3) is 0.357. The van der Waals surface area contributed by atoms with Gasteiger partial charge in [0.15, 0.2) is 29.6 Å². The molecule has 3 N–H and O–H groups in total. The van der Waals surface area contributed by atoms with Crippen molar-refractivity contribution in [1.29, 1.82) is 0 Å². The second kappa shape index (κ2) is 7.55. The standard InChI is InChI=1S/C14H15F3N2O4/c1-2-7(6-20)18-13(19-21)8-5-9(14-22-3-4-23-14)11(16)12(17)10(8)15/h2,5,7,14,20-21H,1,3-4,6H2,(H,18,19)/t7-/m0/s1. The summed E-state index contributed by atoms with van der Waals surface area (Å²) >= 11 is 0. The summed E-state index contributed by atoms with van der Waals surface area (Å²) in [6.45, 7) is 3.30. The molecule has 0 radical (unpaired) electrons. The van der Waals surface area contributed by atoms with E-state index in [0.717, 1.165) is 6.07 Å². The number of amidine groups is 1. The molecule has 1 aliphatic rings. The van der Waals surface area contributed by atoms with Gasteiger partial charge in [-0.05, 0) is 6.07 Å². The Hall–Kier alpha value is -1.94. The van der Waals surface area contributed by atoms with E-state index < -0.39 is 47.8 Å². The van der Waals surface area contributed by atoms with Crippen molar-refractivity contribution >= 4 is 5.84 Å². The van der Waals surface area contributed by atoms with Gasteiger partial charge in [-0.2, -0.15) is 0 Å². The molecule has 0 amide bonds. The zero-order valence-electron chi connectivity index (χ0n) is 11.9. The van der Waals surface area contributed by atoms with Crippen LogP contribution in [-0.4, -0.2) is 42.0 Å². The molecule has 0 aromatic heterocycles. The first-order valence-electron chi connectivity index (χ1n) is 6.65. The highest BCUT2D eigenvalue weighted by Crippen LogP contribution is 2.30. The van der Waals surface area contributed by atoms with Crippen molar-refractivity contribution in [3.8, 4) is 0 Å². The van der Waals surface area contributed by atoms with Crippen molar-refractivity contribution in [3.05, 3.63) is 47.3 Å². The van der Waals surface area contributed by atoms with Crippen molar-refractivity contribution in [2.75, 3.05) is 19.8 Å². The van der Waals surface area contributed by atoms with E-state index in [0.29, 0.717) is 0 Å². The number of nitrogens with one attached hydrogen (secondary N) is 1. The quantitative estimate of drug-likeness (QED) is 0.250. The predicted molar refractivity (Wildman–Crippen MR) is 73.5 cm³/mol. The molecule has 1 saturated heterocycles. The lowest BCUT2D eigenvalue weighted by Gasteiger charge is -2.15. The SMILES string of the molecule is C=C[C@@H](CO)N=C(NO)c1cc(C2OCCO2)c(F)c(F)c1F. The van der Waals surface area contributed by atoms with Gasteiger partial charge in [0, 0.05) is 5.56 Å². The predicted octanol–water partition coefficient (Wildman–Crippen LogP) is 1.42. The van der Waals surface area contributed by atoms with Gasteiger partial charge in [-0.3, -0.25) is 15.7 Å². The highest BCUT2D eigenvalue weighted by molar-refractivity contribution is 5.98. The van der Waals surface area contributed by atoms with Crippen LogP contribution in [0.2, 0.25) is 0 Å². The number of ether oxygens (including phenoxy) is 2. The molecule has 1 atom stereocenters. The van der Waals surface area contributed by atoms with Crippen LogP contribution in [0.5, 0.6) is 0 Å². The molecule has 1 aromatic rings. The Morgan fingerprint density at radius 2 is 2.00 bits per heavy atom. The van der Waals surface area contributed by atoms with E-state index in [1.165, 1.54) is 6.08 Å². The van der Waals surface area contributed by atoms with E-state index in [4.69, 9.17) is 19.8 Å². The molecule has 1 fully saturated rings. The van der Waals surface area contributed by atoms with E-state index >= 15 is 0 Å². The molecule has 0 aliphatic carbocycles. The van der Waals surface area contributed by atoms with Gasteiger partial charge >= 0.3 is 0 Å². The van der Waals surface area contributed by atoms with E-state index in [9.17, 15) is 13.2 Å². The molecule has 1 heterocycles. The largest absolute Gasteiger partial charge is 0.394 e. The molecule has 0 unspecified atom stereocenters. The second-order valence-electron chi connectivity index (χ2n) is 4.60. The molecule has 1 aliphatic heterocycles. The number of aliphatic imine (C=N–C) groups is 1. The van der Waals surface area contributed by atoms with Crippen LogP contribution < -0.4 is 5.48 Å². The third-order valence-electron chi connectivity index (χ3n) is 3.17. The molecule has 0 saturated carbocycles. The monoisotopic (exact) mass is 332 g/mol. The molecule has 0 bridgehead atoms. The van der Waals surface area contributed by atoms with Crippen molar-refractivity contribution in [2.24, 2.45) is 4.99 Å².